The number of ether oxygens (including phenoxy) is 1. The topological polar surface area (TPSA) is 75.7 Å². The molecule has 4 rings (SSSR count). The van der Waals surface area contributed by atoms with E-state index in [4.69, 9.17) is 16.3 Å². The second-order valence-corrected chi connectivity index (χ2v) is 11.5. The van der Waals surface area contributed by atoms with Crippen molar-refractivity contribution < 1.29 is 17.9 Å². The van der Waals surface area contributed by atoms with Gasteiger partial charge in [-0.05, 0) is 79.3 Å². The number of nitrogens with one attached hydrogen (secondary N) is 1. The zero-order chi connectivity index (χ0) is 26.4. The van der Waals surface area contributed by atoms with Gasteiger partial charge in [0.1, 0.15) is 5.75 Å². The summed E-state index contributed by atoms with van der Waals surface area (Å²) in [4.78, 5) is 15.4. The molecule has 1 N–H and O–H groups in total. The summed E-state index contributed by atoms with van der Waals surface area (Å²) in [5.41, 5.74) is 3.39. The Kier molecular flexibility index (Phi) is 8.90. The molecule has 0 radical (unpaired) electrons. The van der Waals surface area contributed by atoms with Gasteiger partial charge >= 0.3 is 0 Å². The molecule has 0 bridgehead atoms. The molecule has 0 atom stereocenters. The molecule has 1 fully saturated rings. The second-order valence-electron chi connectivity index (χ2n) is 9.27. The minimum atomic E-state index is -3.53. The van der Waals surface area contributed by atoms with E-state index >= 15 is 0 Å². The Morgan fingerprint density at radius 3 is 2.43 bits per heavy atom. The van der Waals surface area contributed by atoms with Gasteiger partial charge in [0.25, 0.3) is 0 Å². The molecule has 1 amide bonds. The SMILES string of the molecule is CCCNS(=O)(=O)c1ccc(-c2cccc(N(Cc3cc(Cl)ccc3OCCC)C(=O)C3CC3)c2)cc1. The number of carbonyl (C=O) groups excluding carboxylic acids is 1. The quantitative estimate of drug-likeness (QED) is 0.287. The normalized spacial score (nSPS) is 13.4. The highest BCUT2D eigenvalue weighted by Gasteiger charge is 2.34. The van der Waals surface area contributed by atoms with Gasteiger partial charge in [0.05, 0.1) is 18.0 Å². The summed E-state index contributed by atoms with van der Waals surface area (Å²) in [6.07, 6.45) is 3.39. The van der Waals surface area contributed by atoms with Crippen LogP contribution in [0.2, 0.25) is 5.02 Å². The molecule has 1 aliphatic carbocycles. The average Bonchev–Trinajstić information content (AvgIpc) is 3.76. The molecule has 0 spiro atoms. The van der Waals surface area contributed by atoms with Gasteiger partial charge in [0.2, 0.25) is 15.9 Å². The van der Waals surface area contributed by atoms with Crippen LogP contribution < -0.4 is 14.4 Å². The zero-order valence-corrected chi connectivity index (χ0v) is 22.8. The molecular weight excluding hydrogens is 508 g/mol. The van der Waals surface area contributed by atoms with Gasteiger partial charge in [-0.15, -0.1) is 0 Å². The molecule has 0 saturated heterocycles. The molecule has 0 aliphatic heterocycles. The van der Waals surface area contributed by atoms with Gasteiger partial charge in [-0.3, -0.25) is 4.79 Å². The highest BCUT2D eigenvalue weighted by atomic mass is 35.5. The molecule has 0 unspecified atom stereocenters. The number of hydrogen-bond donors (Lipinski definition) is 1. The Hall–Kier alpha value is -2.87. The van der Waals surface area contributed by atoms with Crippen LogP contribution in [0.3, 0.4) is 0 Å². The lowest BCUT2D eigenvalue weighted by Crippen LogP contribution is -2.32. The summed E-state index contributed by atoms with van der Waals surface area (Å²) in [5.74, 6) is 0.842. The molecule has 3 aromatic rings. The lowest BCUT2D eigenvalue weighted by molar-refractivity contribution is -0.119. The van der Waals surface area contributed by atoms with Crippen LogP contribution in [-0.4, -0.2) is 27.5 Å². The Labute approximate surface area is 224 Å². The van der Waals surface area contributed by atoms with E-state index in [1.54, 1.807) is 35.2 Å². The van der Waals surface area contributed by atoms with E-state index in [2.05, 4.69) is 4.72 Å². The lowest BCUT2D eigenvalue weighted by Gasteiger charge is -2.25. The number of carbonyl (C=O) groups is 1. The number of hydrogen-bond acceptors (Lipinski definition) is 4. The molecule has 37 heavy (non-hydrogen) atoms. The first kappa shape index (κ1) is 27.2. The van der Waals surface area contributed by atoms with E-state index < -0.39 is 10.0 Å². The van der Waals surface area contributed by atoms with Crippen LogP contribution in [0.5, 0.6) is 5.75 Å². The fraction of sp³-hybridized carbons (Fsp3) is 0.345. The fourth-order valence-electron chi connectivity index (χ4n) is 4.04. The van der Waals surface area contributed by atoms with Crippen molar-refractivity contribution in [1.82, 2.24) is 4.72 Å². The lowest BCUT2D eigenvalue weighted by atomic mass is 10.0. The highest BCUT2D eigenvalue weighted by Crippen LogP contribution is 2.36. The summed E-state index contributed by atoms with van der Waals surface area (Å²) in [6, 6.07) is 20.1. The zero-order valence-electron chi connectivity index (χ0n) is 21.2. The third-order valence-corrected chi connectivity index (χ3v) is 7.92. The summed E-state index contributed by atoms with van der Waals surface area (Å²) >= 11 is 6.31. The standard InChI is InChI=1S/C29H33ClN2O4S/c1-3-16-31-37(34,35)27-13-10-21(11-14-27)23-6-5-7-26(19-23)32(29(33)22-8-9-22)20-24-18-25(30)12-15-28(24)36-17-4-2/h5-7,10-15,18-19,22,31H,3-4,8-9,16-17,20H2,1-2H3. The van der Waals surface area contributed by atoms with Crippen LogP contribution in [0.4, 0.5) is 5.69 Å². The van der Waals surface area contributed by atoms with E-state index in [-0.39, 0.29) is 16.7 Å². The highest BCUT2D eigenvalue weighted by molar-refractivity contribution is 7.89. The van der Waals surface area contributed by atoms with Gasteiger partial charge in [0, 0.05) is 28.7 Å². The largest absolute Gasteiger partial charge is 0.493 e. The first-order valence-corrected chi connectivity index (χ1v) is 14.6. The molecular formula is C29H33ClN2O4S. The Morgan fingerprint density at radius 1 is 1.00 bits per heavy atom. The average molecular weight is 541 g/mol. The van der Waals surface area contributed by atoms with Crippen molar-refractivity contribution in [2.45, 2.75) is 51.0 Å². The van der Waals surface area contributed by atoms with E-state index in [1.807, 2.05) is 50.2 Å². The molecule has 1 aliphatic rings. The number of halogens is 1. The Balaban J connectivity index is 1.64. The summed E-state index contributed by atoms with van der Waals surface area (Å²) in [5, 5.41) is 0.592. The van der Waals surface area contributed by atoms with E-state index in [0.29, 0.717) is 24.7 Å². The van der Waals surface area contributed by atoms with Crippen LogP contribution >= 0.6 is 11.6 Å². The van der Waals surface area contributed by atoms with Crippen molar-refractivity contribution in [3.05, 3.63) is 77.3 Å². The third kappa shape index (κ3) is 6.92. The van der Waals surface area contributed by atoms with Gasteiger partial charge < -0.3 is 9.64 Å². The number of benzene rings is 3. The van der Waals surface area contributed by atoms with Crippen LogP contribution in [0.1, 0.15) is 45.1 Å². The summed E-state index contributed by atoms with van der Waals surface area (Å²) in [6.45, 7) is 5.29. The Morgan fingerprint density at radius 2 is 1.76 bits per heavy atom. The number of anilines is 1. The number of amides is 1. The van der Waals surface area contributed by atoms with Crippen molar-refractivity contribution in [3.63, 3.8) is 0 Å². The maximum absolute atomic E-state index is 13.4. The molecule has 8 heteroatoms. The predicted molar refractivity (Wildman–Crippen MR) is 149 cm³/mol. The van der Waals surface area contributed by atoms with Gasteiger partial charge in [-0.25, -0.2) is 13.1 Å². The van der Waals surface area contributed by atoms with Crippen molar-refractivity contribution in [2.24, 2.45) is 5.92 Å². The molecule has 1 saturated carbocycles. The smallest absolute Gasteiger partial charge is 0.240 e. The number of rotatable bonds is 12. The third-order valence-electron chi connectivity index (χ3n) is 6.20. The van der Waals surface area contributed by atoms with E-state index in [1.165, 1.54) is 0 Å². The van der Waals surface area contributed by atoms with Crippen molar-refractivity contribution in [3.8, 4) is 16.9 Å². The molecule has 3 aromatic carbocycles. The minimum absolute atomic E-state index is 0.0305. The monoisotopic (exact) mass is 540 g/mol. The molecule has 0 heterocycles. The first-order chi connectivity index (χ1) is 17.8. The van der Waals surface area contributed by atoms with E-state index in [0.717, 1.165) is 53.8 Å². The maximum Gasteiger partial charge on any atom is 0.240 e. The van der Waals surface area contributed by atoms with Gasteiger partial charge in [0.15, 0.2) is 0 Å². The van der Waals surface area contributed by atoms with Crippen LogP contribution in [0.15, 0.2) is 71.6 Å². The minimum Gasteiger partial charge on any atom is -0.493 e. The second kappa shape index (κ2) is 12.1. The van der Waals surface area contributed by atoms with Gasteiger partial charge in [-0.1, -0.05) is 49.7 Å². The van der Waals surface area contributed by atoms with Crippen LogP contribution in [0.25, 0.3) is 11.1 Å². The van der Waals surface area contributed by atoms with Gasteiger partial charge in [-0.2, -0.15) is 0 Å². The van der Waals surface area contributed by atoms with Crippen LogP contribution in [-0.2, 0) is 21.4 Å². The van der Waals surface area contributed by atoms with Crippen molar-refractivity contribution >= 4 is 33.2 Å². The maximum atomic E-state index is 13.4. The van der Waals surface area contributed by atoms with E-state index in [9.17, 15) is 13.2 Å². The summed E-state index contributed by atoms with van der Waals surface area (Å²) < 4.78 is 33.4. The predicted octanol–water partition coefficient (Wildman–Crippen LogP) is 6.43. The number of sulfonamides is 1. The Bertz CT molecular complexity index is 1340. The molecule has 6 nitrogen and oxygen atoms in total. The fourth-order valence-corrected chi connectivity index (χ4v) is 5.37. The van der Waals surface area contributed by atoms with Crippen molar-refractivity contribution in [1.29, 1.82) is 0 Å². The number of nitrogens with zero attached hydrogens (tertiary/aromatic N) is 1. The molecule has 196 valence electrons. The summed E-state index contributed by atoms with van der Waals surface area (Å²) in [7, 11) is -3.53. The van der Waals surface area contributed by atoms with Crippen LogP contribution in [0, 0.1) is 5.92 Å². The van der Waals surface area contributed by atoms with Crippen molar-refractivity contribution in [2.75, 3.05) is 18.1 Å². The molecule has 0 aromatic heterocycles. The first-order valence-electron chi connectivity index (χ1n) is 12.7.